The van der Waals surface area contributed by atoms with Crippen molar-refractivity contribution in [2.24, 2.45) is 0 Å². The van der Waals surface area contributed by atoms with Crippen molar-refractivity contribution >= 4 is 0 Å². The molecule has 0 unspecified atom stereocenters. The second kappa shape index (κ2) is 4.47. The molecule has 0 aliphatic heterocycles. The van der Waals surface area contributed by atoms with Crippen LogP contribution in [0.25, 0.3) is 0 Å². The van der Waals surface area contributed by atoms with E-state index in [0.29, 0.717) is 0 Å². The Labute approximate surface area is 83.1 Å². The molecule has 1 rings (SSSR count). The van der Waals surface area contributed by atoms with Crippen LogP contribution in [0, 0.1) is 0 Å². The van der Waals surface area contributed by atoms with Crippen LogP contribution in [0.3, 0.4) is 0 Å². The first kappa shape index (κ1) is 11.8. The molecule has 0 amide bonds. The third-order valence-corrected chi connectivity index (χ3v) is 1.71. The van der Waals surface area contributed by atoms with Crippen LogP contribution in [0.2, 0.25) is 0 Å². The zero-order chi connectivity index (χ0) is 11.5. The van der Waals surface area contributed by atoms with Gasteiger partial charge in [-0.2, -0.15) is 18.3 Å². The molecule has 0 radical (unpaired) electrons. The molecule has 1 atom stereocenters. The number of nitrogens with one attached hydrogen (secondary N) is 3. The van der Waals surface area contributed by atoms with Crippen molar-refractivity contribution in [3.8, 4) is 0 Å². The molecule has 1 aromatic rings. The van der Waals surface area contributed by atoms with Gasteiger partial charge in [0.15, 0.2) is 0 Å². The van der Waals surface area contributed by atoms with Crippen molar-refractivity contribution in [2.45, 2.75) is 32.1 Å². The minimum absolute atomic E-state index is 0.0932. The van der Waals surface area contributed by atoms with Gasteiger partial charge in [-0.15, -0.1) is 0 Å². The number of aromatic amines is 2. The molecule has 0 saturated heterocycles. The van der Waals surface area contributed by atoms with Gasteiger partial charge in [-0.3, -0.25) is 4.98 Å². The number of hydrogen-bond donors (Lipinski definition) is 3. The molecule has 0 spiro atoms. The molecule has 5 nitrogen and oxygen atoms in total. The van der Waals surface area contributed by atoms with Crippen LogP contribution in [-0.4, -0.2) is 27.4 Å². The van der Waals surface area contributed by atoms with Crippen molar-refractivity contribution < 1.29 is 13.2 Å². The van der Waals surface area contributed by atoms with E-state index in [4.69, 9.17) is 0 Å². The summed E-state index contributed by atoms with van der Waals surface area (Å²) in [6.45, 7) is 1.51. The number of nitrogens with zero attached hydrogens (tertiary/aromatic N) is 1. The molecule has 1 heterocycles. The van der Waals surface area contributed by atoms with Crippen LogP contribution in [-0.2, 0) is 6.54 Å². The zero-order valence-corrected chi connectivity index (χ0v) is 7.98. The zero-order valence-electron chi connectivity index (χ0n) is 7.98. The first-order valence-electron chi connectivity index (χ1n) is 4.30. The van der Waals surface area contributed by atoms with E-state index >= 15 is 0 Å². The van der Waals surface area contributed by atoms with Gasteiger partial charge in [-0.25, -0.2) is 9.89 Å². The SMILES string of the molecule is C[C@@H](CC(F)(F)F)NCc1n[nH]c(=O)[nH]1. The van der Waals surface area contributed by atoms with Crippen LogP contribution in [0.4, 0.5) is 13.2 Å². The van der Waals surface area contributed by atoms with E-state index in [1.807, 2.05) is 0 Å². The predicted molar refractivity (Wildman–Crippen MR) is 46.2 cm³/mol. The summed E-state index contributed by atoms with van der Waals surface area (Å²) in [6.07, 6.45) is -5.10. The molecule has 0 fully saturated rings. The van der Waals surface area contributed by atoms with Gasteiger partial charge in [-0.1, -0.05) is 0 Å². The highest BCUT2D eigenvalue weighted by atomic mass is 19.4. The summed E-state index contributed by atoms with van der Waals surface area (Å²) in [5, 5.41) is 8.26. The van der Waals surface area contributed by atoms with Crippen molar-refractivity contribution in [2.75, 3.05) is 0 Å². The molecule has 0 saturated carbocycles. The highest BCUT2D eigenvalue weighted by Crippen LogP contribution is 2.21. The van der Waals surface area contributed by atoms with Crippen LogP contribution >= 0.6 is 0 Å². The average molecular weight is 224 g/mol. The Morgan fingerprint density at radius 1 is 1.53 bits per heavy atom. The minimum atomic E-state index is -4.19. The predicted octanol–water partition coefficient (Wildman–Crippen LogP) is 0.528. The van der Waals surface area contributed by atoms with Gasteiger partial charge >= 0.3 is 11.9 Å². The number of halogens is 3. The second-order valence-electron chi connectivity index (χ2n) is 3.23. The summed E-state index contributed by atoms with van der Waals surface area (Å²) >= 11 is 0. The van der Waals surface area contributed by atoms with Crippen molar-refractivity contribution in [3.05, 3.63) is 16.3 Å². The lowest BCUT2D eigenvalue weighted by atomic mass is 10.2. The number of hydrogen-bond acceptors (Lipinski definition) is 3. The summed E-state index contributed by atoms with van der Waals surface area (Å²) in [5.41, 5.74) is -0.477. The van der Waals surface area contributed by atoms with Gasteiger partial charge in [0.2, 0.25) is 0 Å². The highest BCUT2D eigenvalue weighted by molar-refractivity contribution is 4.80. The van der Waals surface area contributed by atoms with Crippen LogP contribution in [0.1, 0.15) is 19.2 Å². The first-order chi connectivity index (χ1) is 6.87. The van der Waals surface area contributed by atoms with E-state index < -0.39 is 24.3 Å². The van der Waals surface area contributed by atoms with E-state index in [9.17, 15) is 18.0 Å². The molecule has 0 aliphatic carbocycles. The third-order valence-electron chi connectivity index (χ3n) is 1.71. The van der Waals surface area contributed by atoms with E-state index in [0.717, 1.165) is 0 Å². The Kier molecular flexibility index (Phi) is 3.51. The molecule has 86 valence electrons. The largest absolute Gasteiger partial charge is 0.390 e. The normalized spacial score (nSPS) is 14.1. The fraction of sp³-hybridized carbons (Fsp3) is 0.714. The van der Waals surface area contributed by atoms with Crippen molar-refractivity contribution in [1.29, 1.82) is 0 Å². The maximum atomic E-state index is 11.9. The summed E-state index contributed by atoms with van der Waals surface area (Å²) in [5.74, 6) is 0.286. The van der Waals surface area contributed by atoms with Gasteiger partial charge in [0.25, 0.3) is 0 Å². The van der Waals surface area contributed by atoms with E-state index in [1.54, 1.807) is 0 Å². The molecule has 8 heteroatoms. The third kappa shape index (κ3) is 4.63. The Bertz CT molecular complexity index is 356. The average Bonchev–Trinajstić information content (AvgIpc) is 2.45. The summed E-state index contributed by atoms with van der Waals surface area (Å²) in [7, 11) is 0. The molecule has 3 N–H and O–H groups in total. The summed E-state index contributed by atoms with van der Waals surface area (Å²) in [4.78, 5) is 12.9. The molecule has 0 bridgehead atoms. The monoisotopic (exact) mass is 224 g/mol. The van der Waals surface area contributed by atoms with Crippen molar-refractivity contribution in [1.82, 2.24) is 20.5 Å². The number of H-pyrrole nitrogens is 2. The fourth-order valence-electron chi connectivity index (χ4n) is 1.08. The number of rotatable bonds is 4. The van der Waals surface area contributed by atoms with Gasteiger partial charge < -0.3 is 5.32 Å². The fourth-order valence-corrected chi connectivity index (χ4v) is 1.08. The van der Waals surface area contributed by atoms with Gasteiger partial charge in [0.1, 0.15) is 5.82 Å². The standard InChI is InChI=1S/C7H11F3N4O/c1-4(2-7(8,9)10)11-3-5-12-6(15)14-13-5/h4,11H,2-3H2,1H3,(H2,12,13,14,15)/t4-/m0/s1. The smallest absolute Gasteiger partial charge is 0.307 e. The Hall–Kier alpha value is -1.31. The van der Waals surface area contributed by atoms with E-state index in [-0.39, 0.29) is 12.4 Å². The minimum Gasteiger partial charge on any atom is -0.307 e. The second-order valence-corrected chi connectivity index (χ2v) is 3.23. The Morgan fingerprint density at radius 2 is 2.20 bits per heavy atom. The van der Waals surface area contributed by atoms with Gasteiger partial charge in [0, 0.05) is 6.04 Å². The summed E-state index contributed by atoms with van der Waals surface area (Å²) in [6, 6.07) is -0.717. The number of aromatic nitrogens is 3. The molecule has 0 aliphatic rings. The Morgan fingerprint density at radius 3 is 2.67 bits per heavy atom. The maximum absolute atomic E-state index is 11.9. The lowest BCUT2D eigenvalue weighted by molar-refractivity contribution is -0.139. The van der Waals surface area contributed by atoms with Gasteiger partial charge in [-0.05, 0) is 6.92 Å². The maximum Gasteiger partial charge on any atom is 0.390 e. The highest BCUT2D eigenvalue weighted by Gasteiger charge is 2.29. The van der Waals surface area contributed by atoms with Crippen LogP contribution in [0.5, 0.6) is 0 Å². The first-order valence-corrected chi connectivity index (χ1v) is 4.30. The molecule has 1 aromatic heterocycles. The van der Waals surface area contributed by atoms with E-state index in [2.05, 4.69) is 20.5 Å². The molecule has 0 aromatic carbocycles. The summed E-state index contributed by atoms with van der Waals surface area (Å²) < 4.78 is 35.7. The Balaban J connectivity index is 2.34. The number of alkyl halides is 3. The van der Waals surface area contributed by atoms with Crippen LogP contribution < -0.4 is 11.0 Å². The van der Waals surface area contributed by atoms with Crippen LogP contribution in [0.15, 0.2) is 4.79 Å². The van der Waals surface area contributed by atoms with Crippen molar-refractivity contribution in [3.63, 3.8) is 0 Å². The van der Waals surface area contributed by atoms with Gasteiger partial charge in [0.05, 0.1) is 13.0 Å². The molecule has 15 heavy (non-hydrogen) atoms. The lowest BCUT2D eigenvalue weighted by Gasteiger charge is -2.14. The van der Waals surface area contributed by atoms with E-state index in [1.165, 1.54) is 6.92 Å². The lowest BCUT2D eigenvalue weighted by Crippen LogP contribution is -2.31. The molecular weight excluding hydrogens is 213 g/mol. The topological polar surface area (TPSA) is 73.6 Å². The quantitative estimate of drug-likeness (QED) is 0.698. The molecular formula is C7H11F3N4O.